The van der Waals surface area contributed by atoms with Crippen molar-refractivity contribution in [2.24, 2.45) is 7.05 Å². The van der Waals surface area contributed by atoms with Gasteiger partial charge in [0.1, 0.15) is 11.6 Å². The molecule has 7 heteroatoms. The highest BCUT2D eigenvalue weighted by molar-refractivity contribution is 9.10. The Labute approximate surface area is 167 Å². The fourth-order valence-corrected chi connectivity index (χ4v) is 3.27. The van der Waals surface area contributed by atoms with Crippen LogP contribution in [0.3, 0.4) is 0 Å². The van der Waals surface area contributed by atoms with Gasteiger partial charge in [-0.2, -0.15) is 0 Å². The number of nitrogens with zero attached hydrogens (tertiary/aromatic N) is 2. The molecule has 146 valence electrons. The lowest BCUT2D eigenvalue weighted by atomic mass is 10.1. The molecule has 0 N–H and O–H groups in total. The third-order valence-electron chi connectivity index (χ3n) is 4.29. The third-order valence-corrected chi connectivity index (χ3v) is 4.79. The van der Waals surface area contributed by atoms with Gasteiger partial charge in [0.2, 0.25) is 0 Å². The molecule has 1 heterocycles. The first-order valence-corrected chi connectivity index (χ1v) is 9.55. The molecule has 1 amide bonds. The molecule has 6 nitrogen and oxygen atoms in total. The Kier molecular flexibility index (Phi) is 6.14. The SMILES string of the molecule is CCC(C(=O)OC(C)(C)C)N(C)C(=O)c1cc(=O)n(C)c2ccc(Br)cc12. The monoisotopic (exact) mass is 436 g/mol. The smallest absolute Gasteiger partial charge is 0.329 e. The molecule has 1 aromatic carbocycles. The number of likely N-dealkylation sites (N-methyl/N-ethyl adjacent to an activating group) is 1. The quantitative estimate of drug-likeness (QED) is 0.687. The number of carbonyl (C=O) groups excluding carboxylic acids is 2. The van der Waals surface area contributed by atoms with Gasteiger partial charge in [0.15, 0.2) is 0 Å². The predicted octanol–water partition coefficient (Wildman–Crippen LogP) is 3.49. The zero-order valence-corrected chi connectivity index (χ0v) is 18.1. The maximum absolute atomic E-state index is 13.2. The summed E-state index contributed by atoms with van der Waals surface area (Å²) in [5.41, 5.74) is -0.0205. The van der Waals surface area contributed by atoms with Crippen molar-refractivity contribution in [1.82, 2.24) is 9.47 Å². The van der Waals surface area contributed by atoms with Crippen molar-refractivity contribution in [3.8, 4) is 0 Å². The van der Waals surface area contributed by atoms with Crippen molar-refractivity contribution in [1.29, 1.82) is 0 Å². The molecule has 27 heavy (non-hydrogen) atoms. The molecule has 0 spiro atoms. The van der Waals surface area contributed by atoms with Gasteiger partial charge in [-0.15, -0.1) is 0 Å². The van der Waals surface area contributed by atoms with Crippen LogP contribution in [0.2, 0.25) is 0 Å². The molecule has 0 saturated carbocycles. The van der Waals surface area contributed by atoms with Crippen LogP contribution < -0.4 is 5.56 Å². The van der Waals surface area contributed by atoms with Crippen molar-refractivity contribution in [3.63, 3.8) is 0 Å². The summed E-state index contributed by atoms with van der Waals surface area (Å²) >= 11 is 3.41. The van der Waals surface area contributed by atoms with Gasteiger partial charge in [0.05, 0.1) is 11.1 Å². The molecular formula is C20H25BrN2O4. The van der Waals surface area contributed by atoms with Gasteiger partial charge in [-0.05, 0) is 45.4 Å². The Bertz CT molecular complexity index is 943. The lowest BCUT2D eigenvalue weighted by Crippen LogP contribution is -2.45. The number of hydrogen-bond donors (Lipinski definition) is 0. The Morgan fingerprint density at radius 3 is 2.44 bits per heavy atom. The number of rotatable bonds is 4. The van der Waals surface area contributed by atoms with E-state index in [0.717, 1.165) is 4.47 Å². The second kappa shape index (κ2) is 7.84. The Balaban J connectivity index is 2.50. The molecular weight excluding hydrogens is 412 g/mol. The molecule has 0 aliphatic rings. The van der Waals surface area contributed by atoms with Gasteiger partial charge >= 0.3 is 5.97 Å². The minimum Gasteiger partial charge on any atom is -0.458 e. The van der Waals surface area contributed by atoms with E-state index in [0.29, 0.717) is 17.3 Å². The van der Waals surface area contributed by atoms with Gasteiger partial charge in [-0.25, -0.2) is 4.79 Å². The van der Waals surface area contributed by atoms with Gasteiger partial charge in [-0.3, -0.25) is 9.59 Å². The second-order valence-electron chi connectivity index (χ2n) is 7.49. The first-order chi connectivity index (χ1) is 12.5. The molecule has 0 radical (unpaired) electrons. The minimum absolute atomic E-state index is 0.263. The number of ether oxygens (including phenoxy) is 1. The highest BCUT2D eigenvalue weighted by Crippen LogP contribution is 2.24. The van der Waals surface area contributed by atoms with Crippen molar-refractivity contribution in [2.75, 3.05) is 7.05 Å². The van der Waals surface area contributed by atoms with E-state index in [1.807, 2.05) is 13.0 Å². The zero-order chi connectivity index (χ0) is 20.5. The molecule has 1 atom stereocenters. The van der Waals surface area contributed by atoms with Crippen LogP contribution in [0.1, 0.15) is 44.5 Å². The standard InChI is InChI=1S/C20H25BrN2O4/c1-7-15(19(26)27-20(2,3)4)23(6)18(25)14-11-17(24)22(5)16-9-8-12(21)10-13(14)16/h8-11,15H,7H2,1-6H3. The molecule has 0 aliphatic carbocycles. The molecule has 0 aliphatic heterocycles. The van der Waals surface area contributed by atoms with Gasteiger partial charge in [0, 0.05) is 30.0 Å². The normalized spacial score (nSPS) is 12.7. The first-order valence-electron chi connectivity index (χ1n) is 8.75. The Morgan fingerprint density at radius 1 is 1.26 bits per heavy atom. The maximum Gasteiger partial charge on any atom is 0.329 e. The molecule has 0 bridgehead atoms. The average Bonchev–Trinajstić information content (AvgIpc) is 2.56. The van der Waals surface area contributed by atoms with Gasteiger partial charge in [-0.1, -0.05) is 22.9 Å². The van der Waals surface area contributed by atoms with Crippen LogP contribution in [-0.2, 0) is 16.6 Å². The summed E-state index contributed by atoms with van der Waals surface area (Å²) in [5.74, 6) is -0.858. The van der Waals surface area contributed by atoms with Crippen LogP contribution >= 0.6 is 15.9 Å². The Morgan fingerprint density at radius 2 is 1.89 bits per heavy atom. The largest absolute Gasteiger partial charge is 0.458 e. The number of fused-ring (bicyclic) bond motifs is 1. The Hall–Kier alpha value is -2.15. The summed E-state index contributed by atoms with van der Waals surface area (Å²) in [6, 6.07) is 5.97. The summed E-state index contributed by atoms with van der Waals surface area (Å²) in [6.07, 6.45) is 0.406. The number of esters is 1. The fourth-order valence-electron chi connectivity index (χ4n) is 2.91. The summed E-state index contributed by atoms with van der Waals surface area (Å²) < 4.78 is 7.73. The molecule has 2 aromatic rings. The van der Waals surface area contributed by atoms with E-state index < -0.39 is 23.5 Å². The molecule has 1 aromatic heterocycles. The van der Waals surface area contributed by atoms with E-state index in [2.05, 4.69) is 15.9 Å². The number of pyridine rings is 1. The molecule has 1 unspecified atom stereocenters. The number of aromatic nitrogens is 1. The van der Waals surface area contributed by atoms with Crippen LogP contribution in [0.25, 0.3) is 10.9 Å². The number of carbonyl (C=O) groups is 2. The summed E-state index contributed by atoms with van der Waals surface area (Å²) in [7, 11) is 3.22. The second-order valence-corrected chi connectivity index (χ2v) is 8.41. The van der Waals surface area contributed by atoms with E-state index in [1.54, 1.807) is 47.0 Å². The minimum atomic E-state index is -0.733. The van der Waals surface area contributed by atoms with Crippen molar-refractivity contribution in [3.05, 3.63) is 44.7 Å². The average molecular weight is 437 g/mol. The maximum atomic E-state index is 13.2. The topological polar surface area (TPSA) is 68.6 Å². The highest BCUT2D eigenvalue weighted by Gasteiger charge is 2.31. The van der Waals surface area contributed by atoms with Crippen LogP contribution in [0.4, 0.5) is 0 Å². The lowest BCUT2D eigenvalue weighted by molar-refractivity contribution is -0.160. The summed E-state index contributed by atoms with van der Waals surface area (Å²) in [5, 5.41) is 0.641. The first kappa shape index (κ1) is 21.2. The summed E-state index contributed by atoms with van der Waals surface area (Å²) in [6.45, 7) is 7.17. The number of amides is 1. The van der Waals surface area contributed by atoms with E-state index in [9.17, 15) is 14.4 Å². The van der Waals surface area contributed by atoms with Crippen LogP contribution in [0.15, 0.2) is 33.5 Å². The predicted molar refractivity (Wildman–Crippen MR) is 109 cm³/mol. The van der Waals surface area contributed by atoms with Crippen LogP contribution in [0, 0.1) is 0 Å². The summed E-state index contributed by atoms with van der Waals surface area (Å²) in [4.78, 5) is 39.3. The molecule has 2 rings (SSSR count). The van der Waals surface area contributed by atoms with Crippen LogP contribution in [-0.4, -0.2) is 40.0 Å². The zero-order valence-electron chi connectivity index (χ0n) is 16.5. The molecule has 0 saturated heterocycles. The van der Waals surface area contributed by atoms with Crippen LogP contribution in [0.5, 0.6) is 0 Å². The number of halogens is 1. The number of aryl methyl sites for hydroxylation is 1. The van der Waals surface area contributed by atoms with Crippen molar-refractivity contribution >= 4 is 38.7 Å². The van der Waals surface area contributed by atoms with Gasteiger partial charge in [0.25, 0.3) is 11.5 Å². The van der Waals surface area contributed by atoms with E-state index in [1.165, 1.54) is 15.5 Å². The lowest BCUT2D eigenvalue weighted by Gasteiger charge is -2.29. The number of benzene rings is 1. The third kappa shape index (κ3) is 4.58. The van der Waals surface area contributed by atoms with Gasteiger partial charge < -0.3 is 14.2 Å². The fraction of sp³-hybridized carbons (Fsp3) is 0.450. The van der Waals surface area contributed by atoms with Crippen molar-refractivity contribution in [2.45, 2.75) is 45.8 Å². The van der Waals surface area contributed by atoms with Crippen molar-refractivity contribution < 1.29 is 14.3 Å². The number of hydrogen-bond acceptors (Lipinski definition) is 4. The van der Waals surface area contributed by atoms with E-state index >= 15 is 0 Å². The highest BCUT2D eigenvalue weighted by atomic mass is 79.9. The van der Waals surface area contributed by atoms with E-state index in [4.69, 9.17) is 4.74 Å². The molecule has 0 fully saturated rings. The van der Waals surface area contributed by atoms with E-state index in [-0.39, 0.29) is 11.1 Å².